The first-order valence-corrected chi connectivity index (χ1v) is 6.82. The van der Waals surface area contributed by atoms with Crippen LogP contribution in [0.3, 0.4) is 0 Å². The number of halogens is 1. The fourth-order valence-corrected chi connectivity index (χ4v) is 1.98. The van der Waals surface area contributed by atoms with Gasteiger partial charge in [0.25, 0.3) is 0 Å². The number of rotatable bonds is 9. The van der Waals surface area contributed by atoms with Crippen LogP contribution in [-0.2, 0) is 17.8 Å². The number of methoxy groups -OCH3 is 1. The minimum Gasteiger partial charge on any atom is -0.385 e. The maximum atomic E-state index is 13.8. The van der Waals surface area contributed by atoms with E-state index in [4.69, 9.17) is 4.74 Å². The minimum absolute atomic E-state index is 0.126. The predicted molar refractivity (Wildman–Crippen MR) is 76.6 cm³/mol. The molecule has 19 heavy (non-hydrogen) atoms. The Kier molecular flexibility index (Phi) is 7.63. The van der Waals surface area contributed by atoms with Crippen molar-refractivity contribution >= 4 is 0 Å². The zero-order valence-electron chi connectivity index (χ0n) is 12.2. The highest BCUT2D eigenvalue weighted by molar-refractivity contribution is 5.25. The molecule has 0 fully saturated rings. The summed E-state index contributed by atoms with van der Waals surface area (Å²) in [5.41, 5.74) is 1.89. The van der Waals surface area contributed by atoms with Gasteiger partial charge < -0.3 is 15.0 Å². The van der Waals surface area contributed by atoms with Crippen molar-refractivity contribution in [2.45, 2.75) is 26.4 Å². The Balaban J connectivity index is 2.55. The monoisotopic (exact) mass is 268 g/mol. The summed E-state index contributed by atoms with van der Waals surface area (Å²) in [5, 5.41) is 3.25. The van der Waals surface area contributed by atoms with E-state index in [0.717, 1.165) is 43.8 Å². The van der Waals surface area contributed by atoms with Gasteiger partial charge in [-0.25, -0.2) is 4.39 Å². The fraction of sp³-hybridized carbons (Fsp3) is 0.600. The van der Waals surface area contributed by atoms with Gasteiger partial charge in [0.05, 0.1) is 0 Å². The van der Waals surface area contributed by atoms with Crippen molar-refractivity contribution in [1.82, 2.24) is 10.2 Å². The van der Waals surface area contributed by atoms with E-state index in [1.165, 1.54) is 0 Å². The zero-order valence-corrected chi connectivity index (χ0v) is 12.2. The van der Waals surface area contributed by atoms with Crippen LogP contribution in [0.25, 0.3) is 0 Å². The summed E-state index contributed by atoms with van der Waals surface area (Å²) in [7, 11) is 3.70. The minimum atomic E-state index is -0.126. The molecular weight excluding hydrogens is 243 g/mol. The lowest BCUT2D eigenvalue weighted by Gasteiger charge is -2.17. The lowest BCUT2D eigenvalue weighted by molar-refractivity contribution is 0.178. The normalized spacial score (nSPS) is 11.2. The Bertz CT molecular complexity index is 371. The van der Waals surface area contributed by atoms with Gasteiger partial charge in [-0.3, -0.25) is 0 Å². The first-order valence-electron chi connectivity index (χ1n) is 6.82. The maximum Gasteiger partial charge on any atom is 0.127 e. The third-order valence-electron chi connectivity index (χ3n) is 3.02. The largest absolute Gasteiger partial charge is 0.385 e. The van der Waals surface area contributed by atoms with Gasteiger partial charge in [-0.2, -0.15) is 0 Å². The van der Waals surface area contributed by atoms with Gasteiger partial charge in [0.2, 0.25) is 0 Å². The van der Waals surface area contributed by atoms with Gasteiger partial charge in [-0.05, 0) is 31.6 Å². The molecule has 0 atom stereocenters. The third kappa shape index (κ3) is 6.14. The van der Waals surface area contributed by atoms with Gasteiger partial charge in [0.1, 0.15) is 5.82 Å². The summed E-state index contributed by atoms with van der Waals surface area (Å²) in [4.78, 5) is 2.12. The van der Waals surface area contributed by atoms with E-state index in [2.05, 4.69) is 17.1 Å². The molecule has 0 saturated carbocycles. The number of nitrogens with zero attached hydrogens (tertiary/aromatic N) is 1. The van der Waals surface area contributed by atoms with E-state index in [1.807, 2.05) is 19.2 Å². The number of nitrogens with one attached hydrogen (secondary N) is 1. The van der Waals surface area contributed by atoms with E-state index in [1.54, 1.807) is 13.2 Å². The highest BCUT2D eigenvalue weighted by atomic mass is 19.1. The van der Waals surface area contributed by atoms with Gasteiger partial charge >= 0.3 is 0 Å². The molecule has 4 heteroatoms. The van der Waals surface area contributed by atoms with E-state index < -0.39 is 0 Å². The van der Waals surface area contributed by atoms with Gasteiger partial charge in [-0.1, -0.05) is 19.1 Å². The van der Waals surface area contributed by atoms with Crippen LogP contribution < -0.4 is 5.32 Å². The first-order chi connectivity index (χ1) is 9.17. The molecule has 0 aromatic heterocycles. The third-order valence-corrected chi connectivity index (χ3v) is 3.02. The van der Waals surface area contributed by atoms with E-state index in [9.17, 15) is 4.39 Å². The molecule has 0 saturated heterocycles. The summed E-state index contributed by atoms with van der Waals surface area (Å²) in [5.74, 6) is -0.126. The van der Waals surface area contributed by atoms with Gasteiger partial charge in [-0.15, -0.1) is 0 Å². The fourth-order valence-electron chi connectivity index (χ4n) is 1.98. The molecule has 0 unspecified atom stereocenters. The van der Waals surface area contributed by atoms with Crippen LogP contribution in [0.1, 0.15) is 24.5 Å². The smallest absolute Gasteiger partial charge is 0.127 e. The van der Waals surface area contributed by atoms with Crippen molar-refractivity contribution in [2.75, 3.05) is 33.9 Å². The van der Waals surface area contributed by atoms with Crippen LogP contribution in [0, 0.1) is 5.82 Å². The van der Waals surface area contributed by atoms with E-state index in [0.29, 0.717) is 6.54 Å². The lowest BCUT2D eigenvalue weighted by atomic mass is 10.1. The zero-order chi connectivity index (χ0) is 14.1. The Morgan fingerprint density at radius 1 is 1.37 bits per heavy atom. The Morgan fingerprint density at radius 3 is 2.84 bits per heavy atom. The average molecular weight is 268 g/mol. The van der Waals surface area contributed by atoms with Crippen molar-refractivity contribution in [3.63, 3.8) is 0 Å². The summed E-state index contributed by atoms with van der Waals surface area (Å²) < 4.78 is 18.8. The van der Waals surface area contributed by atoms with Crippen molar-refractivity contribution < 1.29 is 9.13 Å². The van der Waals surface area contributed by atoms with Crippen LogP contribution in [0.2, 0.25) is 0 Å². The number of hydrogen-bond donors (Lipinski definition) is 1. The molecule has 1 aromatic rings. The molecular formula is C15H25FN2O. The summed E-state index contributed by atoms with van der Waals surface area (Å²) in [6.45, 7) is 6.06. The molecule has 0 heterocycles. The molecule has 0 amide bonds. The lowest BCUT2D eigenvalue weighted by Crippen LogP contribution is -2.21. The molecule has 0 spiro atoms. The molecule has 1 N–H and O–H groups in total. The molecule has 108 valence electrons. The Hall–Kier alpha value is -0.970. The topological polar surface area (TPSA) is 24.5 Å². The quantitative estimate of drug-likeness (QED) is 0.696. The van der Waals surface area contributed by atoms with Crippen molar-refractivity contribution in [2.24, 2.45) is 0 Å². The van der Waals surface area contributed by atoms with Crippen LogP contribution in [0.4, 0.5) is 4.39 Å². The first kappa shape index (κ1) is 16.1. The van der Waals surface area contributed by atoms with E-state index in [-0.39, 0.29) is 5.82 Å². The second-order valence-corrected chi connectivity index (χ2v) is 4.79. The Labute approximate surface area is 115 Å². The van der Waals surface area contributed by atoms with Crippen molar-refractivity contribution in [3.8, 4) is 0 Å². The predicted octanol–water partition coefficient (Wildman–Crippen LogP) is 2.40. The number of benzene rings is 1. The highest BCUT2D eigenvalue weighted by Gasteiger charge is 2.07. The van der Waals surface area contributed by atoms with Crippen LogP contribution in [0.15, 0.2) is 18.2 Å². The summed E-state index contributed by atoms with van der Waals surface area (Å²) in [6.07, 6.45) is 0.964. The van der Waals surface area contributed by atoms with Gasteiger partial charge in [0.15, 0.2) is 0 Å². The van der Waals surface area contributed by atoms with Gasteiger partial charge in [0, 0.05) is 38.9 Å². The van der Waals surface area contributed by atoms with Crippen molar-refractivity contribution in [3.05, 3.63) is 35.1 Å². The average Bonchev–Trinajstić information content (AvgIpc) is 2.40. The molecule has 0 aliphatic carbocycles. The van der Waals surface area contributed by atoms with Crippen molar-refractivity contribution in [1.29, 1.82) is 0 Å². The Morgan fingerprint density at radius 2 is 2.16 bits per heavy atom. The second kappa shape index (κ2) is 9.02. The standard InChI is InChI=1S/C15H25FN2O/c1-4-17-11-13-6-7-15(16)14(10-13)12-18(2)8-5-9-19-3/h6-7,10,17H,4-5,8-9,11-12H2,1-3H3. The number of ether oxygens (including phenoxy) is 1. The molecule has 1 rings (SSSR count). The van der Waals surface area contributed by atoms with Crippen LogP contribution in [-0.4, -0.2) is 38.8 Å². The molecule has 0 aliphatic heterocycles. The highest BCUT2D eigenvalue weighted by Crippen LogP contribution is 2.13. The maximum absolute atomic E-state index is 13.8. The SMILES string of the molecule is CCNCc1ccc(F)c(CN(C)CCCOC)c1. The number of hydrogen-bond acceptors (Lipinski definition) is 3. The molecule has 0 aliphatic rings. The molecule has 1 aromatic carbocycles. The van der Waals surface area contributed by atoms with E-state index >= 15 is 0 Å². The molecule has 0 radical (unpaired) electrons. The van der Waals surface area contributed by atoms with Crippen LogP contribution >= 0.6 is 0 Å². The second-order valence-electron chi connectivity index (χ2n) is 4.79. The molecule has 3 nitrogen and oxygen atoms in total. The molecule has 0 bridgehead atoms. The summed E-state index contributed by atoms with van der Waals surface area (Å²) in [6, 6.07) is 5.35. The summed E-state index contributed by atoms with van der Waals surface area (Å²) >= 11 is 0. The van der Waals surface area contributed by atoms with Crippen LogP contribution in [0.5, 0.6) is 0 Å².